The van der Waals surface area contributed by atoms with Crippen LogP contribution >= 0.6 is 11.3 Å². The van der Waals surface area contributed by atoms with Crippen molar-refractivity contribution in [3.05, 3.63) is 21.9 Å². The second-order valence-electron chi connectivity index (χ2n) is 5.16. The standard InChI is InChI=1S/C15H21NO3S/c1-2-12-11-8-10-20-13(11)7-9-16(12)14(17)5-3-4-6-15(18)19/h8,10,12H,2-7,9H2,1H3,(H,18,19). The van der Waals surface area contributed by atoms with E-state index in [2.05, 4.69) is 18.4 Å². The van der Waals surface area contributed by atoms with Gasteiger partial charge in [-0.05, 0) is 42.7 Å². The first kappa shape index (κ1) is 15.0. The molecule has 1 atom stereocenters. The molecule has 1 N–H and O–H groups in total. The Labute approximate surface area is 123 Å². The van der Waals surface area contributed by atoms with Gasteiger partial charge in [-0.2, -0.15) is 0 Å². The van der Waals surface area contributed by atoms with E-state index in [0.717, 1.165) is 19.4 Å². The van der Waals surface area contributed by atoms with Crippen molar-refractivity contribution in [3.8, 4) is 0 Å². The molecule has 4 nitrogen and oxygen atoms in total. The fraction of sp³-hybridized carbons (Fsp3) is 0.600. The molecule has 0 aromatic carbocycles. The van der Waals surface area contributed by atoms with Gasteiger partial charge < -0.3 is 10.0 Å². The van der Waals surface area contributed by atoms with Crippen LogP contribution in [0.15, 0.2) is 11.4 Å². The van der Waals surface area contributed by atoms with Crippen molar-refractivity contribution in [2.75, 3.05) is 6.54 Å². The van der Waals surface area contributed by atoms with Gasteiger partial charge in [-0.1, -0.05) is 6.92 Å². The van der Waals surface area contributed by atoms with E-state index >= 15 is 0 Å². The number of aliphatic carboxylic acids is 1. The minimum atomic E-state index is -0.787. The van der Waals surface area contributed by atoms with E-state index in [1.165, 1.54) is 10.4 Å². The van der Waals surface area contributed by atoms with Gasteiger partial charge in [-0.25, -0.2) is 0 Å². The van der Waals surface area contributed by atoms with Gasteiger partial charge in [-0.15, -0.1) is 11.3 Å². The molecule has 1 amide bonds. The third kappa shape index (κ3) is 3.39. The Morgan fingerprint density at radius 3 is 2.85 bits per heavy atom. The molecule has 0 spiro atoms. The molecule has 20 heavy (non-hydrogen) atoms. The Kier molecular flexibility index (Phi) is 5.17. The third-order valence-electron chi connectivity index (χ3n) is 3.83. The Bertz CT molecular complexity index is 483. The topological polar surface area (TPSA) is 57.6 Å². The van der Waals surface area contributed by atoms with E-state index in [9.17, 15) is 9.59 Å². The summed E-state index contributed by atoms with van der Waals surface area (Å²) in [6.07, 6.45) is 3.74. The molecule has 5 heteroatoms. The van der Waals surface area contributed by atoms with Gasteiger partial charge in [0.25, 0.3) is 0 Å². The summed E-state index contributed by atoms with van der Waals surface area (Å²) in [5.41, 5.74) is 1.31. The largest absolute Gasteiger partial charge is 0.481 e. The number of fused-ring (bicyclic) bond motifs is 1. The number of carboxylic acids is 1. The second-order valence-corrected chi connectivity index (χ2v) is 6.16. The molecule has 0 radical (unpaired) electrons. The highest BCUT2D eigenvalue weighted by atomic mass is 32.1. The van der Waals surface area contributed by atoms with Gasteiger partial charge in [0.2, 0.25) is 5.91 Å². The number of hydrogen-bond donors (Lipinski definition) is 1. The zero-order chi connectivity index (χ0) is 14.5. The maximum Gasteiger partial charge on any atom is 0.303 e. The number of carboxylic acid groups (broad SMARTS) is 1. The number of unbranched alkanes of at least 4 members (excludes halogenated alkanes) is 1. The van der Waals surface area contributed by atoms with E-state index in [1.807, 2.05) is 4.90 Å². The molecule has 1 unspecified atom stereocenters. The number of hydrogen-bond acceptors (Lipinski definition) is 3. The maximum absolute atomic E-state index is 12.3. The summed E-state index contributed by atoms with van der Waals surface area (Å²) in [7, 11) is 0. The molecule has 0 saturated heterocycles. The average Bonchev–Trinajstić information content (AvgIpc) is 2.90. The summed E-state index contributed by atoms with van der Waals surface area (Å²) >= 11 is 1.78. The number of carbonyl (C=O) groups is 2. The summed E-state index contributed by atoms with van der Waals surface area (Å²) in [4.78, 5) is 26.2. The predicted molar refractivity (Wildman–Crippen MR) is 78.9 cm³/mol. The van der Waals surface area contributed by atoms with E-state index in [1.54, 1.807) is 11.3 Å². The fourth-order valence-electron chi connectivity index (χ4n) is 2.83. The molecule has 0 aliphatic carbocycles. The minimum absolute atomic E-state index is 0.152. The Morgan fingerprint density at radius 2 is 2.15 bits per heavy atom. The number of thiophene rings is 1. The van der Waals surface area contributed by atoms with Gasteiger partial charge in [0, 0.05) is 24.3 Å². The smallest absolute Gasteiger partial charge is 0.303 e. The zero-order valence-corrected chi connectivity index (χ0v) is 12.6. The molecule has 1 aliphatic heterocycles. The number of nitrogens with zero attached hydrogens (tertiary/aromatic N) is 1. The van der Waals surface area contributed by atoms with E-state index in [-0.39, 0.29) is 18.4 Å². The van der Waals surface area contributed by atoms with Crippen LogP contribution in [0.3, 0.4) is 0 Å². The summed E-state index contributed by atoms with van der Waals surface area (Å²) in [5.74, 6) is -0.621. The normalized spacial score (nSPS) is 17.9. The highest BCUT2D eigenvalue weighted by molar-refractivity contribution is 7.10. The molecule has 0 saturated carbocycles. The zero-order valence-electron chi connectivity index (χ0n) is 11.8. The number of rotatable bonds is 6. The molecule has 0 bridgehead atoms. The van der Waals surface area contributed by atoms with Gasteiger partial charge in [0.15, 0.2) is 0 Å². The molecular formula is C15H21NO3S. The van der Waals surface area contributed by atoms with Crippen molar-refractivity contribution in [2.45, 2.75) is 51.5 Å². The lowest BCUT2D eigenvalue weighted by molar-refractivity contribution is -0.138. The van der Waals surface area contributed by atoms with Crippen LogP contribution in [0, 0.1) is 0 Å². The van der Waals surface area contributed by atoms with E-state index in [0.29, 0.717) is 19.3 Å². The molecule has 1 aromatic rings. The highest BCUT2D eigenvalue weighted by Crippen LogP contribution is 2.35. The van der Waals surface area contributed by atoms with Crippen LogP contribution in [-0.2, 0) is 16.0 Å². The Hall–Kier alpha value is -1.36. The Balaban J connectivity index is 1.91. The van der Waals surface area contributed by atoms with Crippen LogP contribution in [0.2, 0.25) is 0 Å². The van der Waals surface area contributed by atoms with Crippen molar-refractivity contribution >= 4 is 23.2 Å². The van der Waals surface area contributed by atoms with Crippen LogP contribution in [0.4, 0.5) is 0 Å². The fourth-order valence-corrected chi connectivity index (χ4v) is 3.76. The van der Waals surface area contributed by atoms with Crippen molar-refractivity contribution in [1.82, 2.24) is 4.90 Å². The SMILES string of the molecule is CCC1c2ccsc2CCN1C(=O)CCCCC(=O)O. The lowest BCUT2D eigenvalue weighted by atomic mass is 9.97. The summed E-state index contributed by atoms with van der Waals surface area (Å²) in [5, 5.41) is 10.7. The van der Waals surface area contributed by atoms with Gasteiger partial charge >= 0.3 is 5.97 Å². The van der Waals surface area contributed by atoms with Gasteiger partial charge in [0.1, 0.15) is 0 Å². The minimum Gasteiger partial charge on any atom is -0.481 e. The monoisotopic (exact) mass is 295 g/mol. The number of carbonyl (C=O) groups excluding carboxylic acids is 1. The highest BCUT2D eigenvalue weighted by Gasteiger charge is 2.29. The lowest BCUT2D eigenvalue weighted by Crippen LogP contribution is -2.39. The quantitative estimate of drug-likeness (QED) is 0.820. The van der Waals surface area contributed by atoms with Gasteiger partial charge in [-0.3, -0.25) is 9.59 Å². The van der Waals surface area contributed by atoms with E-state index < -0.39 is 5.97 Å². The van der Waals surface area contributed by atoms with Crippen molar-refractivity contribution in [2.24, 2.45) is 0 Å². The van der Waals surface area contributed by atoms with Crippen LogP contribution in [0.5, 0.6) is 0 Å². The van der Waals surface area contributed by atoms with Crippen molar-refractivity contribution in [3.63, 3.8) is 0 Å². The van der Waals surface area contributed by atoms with Crippen molar-refractivity contribution in [1.29, 1.82) is 0 Å². The molecule has 0 fully saturated rings. The molecular weight excluding hydrogens is 274 g/mol. The van der Waals surface area contributed by atoms with Crippen LogP contribution in [0.25, 0.3) is 0 Å². The van der Waals surface area contributed by atoms with Gasteiger partial charge in [0.05, 0.1) is 6.04 Å². The van der Waals surface area contributed by atoms with E-state index in [4.69, 9.17) is 5.11 Å². The first-order valence-corrected chi connectivity index (χ1v) is 8.09. The molecule has 1 aromatic heterocycles. The summed E-state index contributed by atoms with van der Waals surface area (Å²) < 4.78 is 0. The van der Waals surface area contributed by atoms with Crippen LogP contribution in [0.1, 0.15) is 55.5 Å². The molecule has 1 aliphatic rings. The van der Waals surface area contributed by atoms with Crippen LogP contribution < -0.4 is 0 Å². The first-order chi connectivity index (χ1) is 9.63. The summed E-state index contributed by atoms with van der Waals surface area (Å²) in [6, 6.07) is 2.34. The average molecular weight is 295 g/mol. The molecule has 2 rings (SSSR count). The molecule has 110 valence electrons. The summed E-state index contributed by atoms with van der Waals surface area (Å²) in [6.45, 7) is 2.91. The third-order valence-corrected chi connectivity index (χ3v) is 4.83. The molecule has 2 heterocycles. The lowest BCUT2D eigenvalue weighted by Gasteiger charge is -2.35. The Morgan fingerprint density at radius 1 is 1.40 bits per heavy atom. The predicted octanol–water partition coefficient (Wildman–Crippen LogP) is 3.23. The number of amides is 1. The maximum atomic E-state index is 12.3. The van der Waals surface area contributed by atoms with Crippen LogP contribution in [-0.4, -0.2) is 28.4 Å². The van der Waals surface area contributed by atoms with Crippen molar-refractivity contribution < 1.29 is 14.7 Å². The first-order valence-electron chi connectivity index (χ1n) is 7.21. The second kappa shape index (κ2) is 6.88.